The van der Waals surface area contributed by atoms with Gasteiger partial charge in [-0.15, -0.1) is 0 Å². The Kier molecular flexibility index (Phi) is 2.18. The molecule has 3 aromatic rings. The molecular formula is C12H8BBrN2. The van der Waals surface area contributed by atoms with Crippen molar-refractivity contribution in [1.82, 2.24) is 9.97 Å². The van der Waals surface area contributed by atoms with Crippen LogP contribution in [-0.4, -0.2) is 17.8 Å². The van der Waals surface area contributed by atoms with Gasteiger partial charge in [0.25, 0.3) is 0 Å². The third-order valence-corrected chi connectivity index (χ3v) is 3.83. The van der Waals surface area contributed by atoms with Crippen molar-refractivity contribution in [2.75, 3.05) is 0 Å². The van der Waals surface area contributed by atoms with Crippen molar-refractivity contribution in [3.05, 3.63) is 41.1 Å². The van der Waals surface area contributed by atoms with E-state index in [1.807, 2.05) is 18.3 Å². The number of rotatable bonds is 0. The maximum absolute atomic E-state index is 4.43. The van der Waals surface area contributed by atoms with Gasteiger partial charge in [0, 0.05) is 22.3 Å². The molecule has 1 aromatic carbocycles. The second-order valence-electron chi connectivity index (χ2n) is 3.74. The first-order valence-corrected chi connectivity index (χ1v) is 5.86. The fourth-order valence-corrected chi connectivity index (χ4v) is 2.52. The molecule has 0 unspecified atom stereocenters. The molecule has 0 radical (unpaired) electrons. The van der Waals surface area contributed by atoms with Crippen LogP contribution < -0.4 is 5.46 Å². The van der Waals surface area contributed by atoms with Gasteiger partial charge in [-0.1, -0.05) is 33.5 Å². The minimum absolute atomic E-state index is 0.954. The fraction of sp³-hybridized carbons (Fsp3) is 0. The molecule has 2 heterocycles. The molecule has 0 bridgehead atoms. The van der Waals surface area contributed by atoms with Crippen molar-refractivity contribution in [2.45, 2.75) is 0 Å². The highest BCUT2D eigenvalue weighted by Gasteiger charge is 2.09. The Labute approximate surface area is 102 Å². The van der Waals surface area contributed by atoms with E-state index in [-0.39, 0.29) is 0 Å². The zero-order valence-electron chi connectivity index (χ0n) is 8.74. The summed E-state index contributed by atoms with van der Waals surface area (Å²) in [6.07, 6.45) is 3.61. The largest absolute Gasteiger partial charge is 0.254 e. The lowest BCUT2D eigenvalue weighted by molar-refractivity contribution is 1.37. The summed E-state index contributed by atoms with van der Waals surface area (Å²) in [4.78, 5) is 8.85. The molecule has 0 aliphatic rings. The molecule has 0 saturated carbocycles. The van der Waals surface area contributed by atoms with E-state index >= 15 is 0 Å². The van der Waals surface area contributed by atoms with Gasteiger partial charge in [0.05, 0.1) is 11.0 Å². The molecule has 76 valence electrons. The van der Waals surface area contributed by atoms with Crippen molar-refractivity contribution in [3.63, 3.8) is 0 Å². The van der Waals surface area contributed by atoms with Crippen molar-refractivity contribution >= 4 is 51.0 Å². The van der Waals surface area contributed by atoms with Gasteiger partial charge in [0.15, 0.2) is 0 Å². The predicted octanol–water partition coefficient (Wildman–Crippen LogP) is 1.80. The second kappa shape index (κ2) is 3.56. The fourth-order valence-electron chi connectivity index (χ4n) is 1.99. The van der Waals surface area contributed by atoms with Crippen molar-refractivity contribution in [3.8, 4) is 0 Å². The Morgan fingerprint density at radius 2 is 1.50 bits per heavy atom. The highest BCUT2D eigenvalue weighted by Crippen LogP contribution is 2.26. The summed E-state index contributed by atoms with van der Waals surface area (Å²) in [7, 11) is 2.10. The topological polar surface area (TPSA) is 25.8 Å². The molecule has 0 N–H and O–H groups in total. The third-order valence-electron chi connectivity index (χ3n) is 2.81. The van der Waals surface area contributed by atoms with Gasteiger partial charge in [-0.05, 0) is 17.5 Å². The van der Waals surface area contributed by atoms with E-state index in [4.69, 9.17) is 0 Å². The van der Waals surface area contributed by atoms with E-state index in [2.05, 4.69) is 45.9 Å². The summed E-state index contributed by atoms with van der Waals surface area (Å²) in [6.45, 7) is 0. The van der Waals surface area contributed by atoms with Crippen LogP contribution in [0, 0.1) is 0 Å². The van der Waals surface area contributed by atoms with Gasteiger partial charge in [0.2, 0.25) is 0 Å². The highest BCUT2D eigenvalue weighted by atomic mass is 79.9. The van der Waals surface area contributed by atoms with Crippen LogP contribution in [0.5, 0.6) is 0 Å². The molecule has 16 heavy (non-hydrogen) atoms. The molecule has 0 spiro atoms. The van der Waals surface area contributed by atoms with E-state index < -0.39 is 0 Å². The number of hydrogen-bond acceptors (Lipinski definition) is 2. The van der Waals surface area contributed by atoms with Crippen molar-refractivity contribution in [1.29, 1.82) is 0 Å². The Bertz CT molecular complexity index is 636. The predicted molar refractivity (Wildman–Crippen MR) is 72.9 cm³/mol. The summed E-state index contributed by atoms with van der Waals surface area (Å²) in [5, 5.41) is 2.27. The maximum atomic E-state index is 4.43. The van der Waals surface area contributed by atoms with Crippen molar-refractivity contribution in [2.24, 2.45) is 0 Å². The number of benzene rings is 1. The molecule has 0 aliphatic carbocycles. The van der Waals surface area contributed by atoms with Crippen LogP contribution in [0.15, 0.2) is 41.1 Å². The Hall–Kier alpha value is -1.42. The first kappa shape index (κ1) is 9.79. The Balaban J connectivity index is 2.69. The van der Waals surface area contributed by atoms with Gasteiger partial charge in [0.1, 0.15) is 7.85 Å². The van der Waals surface area contributed by atoms with E-state index in [0.29, 0.717) is 0 Å². The molecule has 0 saturated heterocycles. The second-order valence-corrected chi connectivity index (χ2v) is 4.53. The summed E-state index contributed by atoms with van der Waals surface area (Å²) < 4.78 is 1.11. The molecule has 0 amide bonds. The van der Waals surface area contributed by atoms with E-state index in [1.54, 1.807) is 6.20 Å². The maximum Gasteiger partial charge on any atom is 0.141 e. The van der Waals surface area contributed by atoms with Crippen LogP contribution in [0.2, 0.25) is 0 Å². The van der Waals surface area contributed by atoms with E-state index in [0.717, 1.165) is 26.3 Å². The number of aromatic nitrogens is 2. The SMILES string of the molecule is Bc1c(Br)c2cccnc2c2ncccc12. The summed E-state index contributed by atoms with van der Waals surface area (Å²) in [6, 6.07) is 8.04. The molecule has 2 aromatic heterocycles. The lowest BCUT2D eigenvalue weighted by Gasteiger charge is -2.08. The van der Waals surface area contributed by atoms with Crippen LogP contribution in [0.1, 0.15) is 0 Å². The minimum Gasteiger partial charge on any atom is -0.254 e. The third kappa shape index (κ3) is 1.26. The first-order chi connectivity index (χ1) is 7.79. The lowest BCUT2D eigenvalue weighted by Crippen LogP contribution is -2.08. The smallest absolute Gasteiger partial charge is 0.141 e. The number of nitrogens with zero attached hydrogens (tertiary/aromatic N) is 2. The summed E-state index contributed by atoms with van der Waals surface area (Å²) in [5.41, 5.74) is 3.14. The zero-order valence-corrected chi connectivity index (χ0v) is 10.3. The van der Waals surface area contributed by atoms with Gasteiger partial charge in [-0.3, -0.25) is 9.97 Å². The summed E-state index contributed by atoms with van der Waals surface area (Å²) >= 11 is 3.63. The van der Waals surface area contributed by atoms with Crippen molar-refractivity contribution < 1.29 is 0 Å². The average molecular weight is 271 g/mol. The Morgan fingerprint density at radius 3 is 2.19 bits per heavy atom. The standard InChI is InChI=1S/C12H8BBrN2/c13-9-7-3-1-5-15-11(7)12-8(10(9)14)4-2-6-16-12/h1-6H,13H2. The van der Waals surface area contributed by atoms with Gasteiger partial charge >= 0.3 is 0 Å². The zero-order chi connectivity index (χ0) is 11.1. The molecule has 4 heteroatoms. The van der Waals surface area contributed by atoms with E-state index in [9.17, 15) is 0 Å². The summed E-state index contributed by atoms with van der Waals surface area (Å²) in [5.74, 6) is 0. The minimum atomic E-state index is 0.954. The van der Waals surface area contributed by atoms with Gasteiger partial charge < -0.3 is 0 Å². The lowest BCUT2D eigenvalue weighted by atomic mass is 9.90. The average Bonchev–Trinajstić information content (AvgIpc) is 2.36. The van der Waals surface area contributed by atoms with Crippen LogP contribution in [0.25, 0.3) is 21.8 Å². The monoisotopic (exact) mass is 270 g/mol. The van der Waals surface area contributed by atoms with Crippen LogP contribution in [-0.2, 0) is 0 Å². The molecule has 2 nitrogen and oxygen atoms in total. The number of hydrogen-bond donors (Lipinski definition) is 0. The normalized spacial score (nSPS) is 11.1. The molecule has 0 fully saturated rings. The van der Waals surface area contributed by atoms with Crippen LogP contribution in [0.4, 0.5) is 0 Å². The number of pyridine rings is 2. The molecular weight excluding hydrogens is 263 g/mol. The van der Waals surface area contributed by atoms with Crippen LogP contribution in [0.3, 0.4) is 0 Å². The molecule has 0 atom stereocenters. The van der Waals surface area contributed by atoms with Gasteiger partial charge in [-0.2, -0.15) is 0 Å². The number of fused-ring (bicyclic) bond motifs is 3. The number of halogens is 1. The Morgan fingerprint density at radius 1 is 0.938 bits per heavy atom. The van der Waals surface area contributed by atoms with E-state index in [1.165, 1.54) is 5.46 Å². The van der Waals surface area contributed by atoms with Gasteiger partial charge in [-0.25, -0.2) is 0 Å². The highest BCUT2D eigenvalue weighted by molar-refractivity contribution is 9.10. The van der Waals surface area contributed by atoms with Crippen LogP contribution >= 0.6 is 15.9 Å². The quantitative estimate of drug-likeness (QED) is 0.460. The molecule has 3 rings (SSSR count). The first-order valence-electron chi connectivity index (χ1n) is 5.06. The molecule has 0 aliphatic heterocycles.